The van der Waals surface area contributed by atoms with Gasteiger partial charge in [-0.2, -0.15) is 0 Å². The van der Waals surface area contributed by atoms with Crippen molar-refractivity contribution in [3.05, 3.63) is 47.9 Å². The molecule has 0 unspecified atom stereocenters. The molecule has 5 nitrogen and oxygen atoms in total. The molecule has 0 aliphatic rings. The van der Waals surface area contributed by atoms with E-state index in [0.717, 1.165) is 22.3 Å². The first kappa shape index (κ1) is 15.2. The van der Waals surface area contributed by atoms with E-state index in [4.69, 9.17) is 0 Å². The maximum absolute atomic E-state index is 12.5. The van der Waals surface area contributed by atoms with Gasteiger partial charge in [-0.05, 0) is 25.1 Å². The van der Waals surface area contributed by atoms with Crippen molar-refractivity contribution in [2.24, 2.45) is 13.0 Å². The van der Waals surface area contributed by atoms with E-state index in [-0.39, 0.29) is 11.7 Å². The average Bonchev–Trinajstić information content (AvgIpc) is 2.90. The first-order valence-corrected chi connectivity index (χ1v) is 7.65. The van der Waals surface area contributed by atoms with Gasteiger partial charge in [-0.25, -0.2) is 9.97 Å². The van der Waals surface area contributed by atoms with Crippen molar-refractivity contribution >= 4 is 28.3 Å². The second-order valence-corrected chi connectivity index (χ2v) is 6.08. The van der Waals surface area contributed by atoms with Gasteiger partial charge in [0, 0.05) is 24.7 Å². The molecule has 0 aliphatic carbocycles. The van der Waals surface area contributed by atoms with Crippen molar-refractivity contribution in [3.63, 3.8) is 0 Å². The second-order valence-electron chi connectivity index (χ2n) is 6.08. The van der Waals surface area contributed by atoms with Crippen LogP contribution in [0.1, 0.15) is 29.8 Å². The number of fused-ring (bicyclic) bond motifs is 1. The molecule has 2 heterocycles. The highest BCUT2D eigenvalue weighted by Gasteiger charge is 2.17. The number of rotatable bonds is 4. The Balaban J connectivity index is 2.09. The number of carbonyl (C=O) groups is 1. The zero-order valence-electron chi connectivity index (χ0n) is 13.8. The smallest absolute Gasteiger partial charge is 0.167 e. The van der Waals surface area contributed by atoms with Gasteiger partial charge in [0.1, 0.15) is 11.8 Å². The van der Waals surface area contributed by atoms with Crippen molar-refractivity contribution in [1.29, 1.82) is 0 Å². The summed E-state index contributed by atoms with van der Waals surface area (Å²) in [6.07, 6.45) is 3.47. The summed E-state index contributed by atoms with van der Waals surface area (Å²) in [5, 5.41) is 3.31. The van der Waals surface area contributed by atoms with Gasteiger partial charge in [-0.15, -0.1) is 0 Å². The van der Waals surface area contributed by atoms with E-state index in [1.54, 1.807) is 0 Å². The monoisotopic (exact) mass is 308 g/mol. The van der Waals surface area contributed by atoms with Gasteiger partial charge < -0.3 is 9.88 Å². The highest BCUT2D eigenvalue weighted by molar-refractivity contribution is 6.03. The Labute approximate surface area is 135 Å². The molecule has 2 aromatic heterocycles. The molecule has 0 bridgehead atoms. The third-order valence-corrected chi connectivity index (χ3v) is 3.88. The van der Waals surface area contributed by atoms with Crippen molar-refractivity contribution in [2.45, 2.75) is 20.8 Å². The normalized spacial score (nSPS) is 11.2. The SMILES string of the molecule is Cc1ccc(Nc2ncnc3ccn(C)c23)c(C(=O)C(C)C)c1. The molecule has 3 rings (SSSR count). The van der Waals surface area contributed by atoms with E-state index >= 15 is 0 Å². The van der Waals surface area contributed by atoms with Crippen LogP contribution < -0.4 is 5.32 Å². The summed E-state index contributed by atoms with van der Waals surface area (Å²) >= 11 is 0. The molecule has 1 aromatic carbocycles. The predicted octanol–water partition coefficient (Wildman–Crippen LogP) is 3.86. The average molecular weight is 308 g/mol. The highest BCUT2D eigenvalue weighted by Crippen LogP contribution is 2.27. The molecule has 0 saturated carbocycles. The Morgan fingerprint density at radius 1 is 1.22 bits per heavy atom. The molecule has 5 heteroatoms. The largest absolute Gasteiger partial charge is 0.346 e. The summed E-state index contributed by atoms with van der Waals surface area (Å²) in [5.74, 6) is 0.760. The number of nitrogens with one attached hydrogen (secondary N) is 1. The van der Waals surface area contributed by atoms with Gasteiger partial charge in [0.25, 0.3) is 0 Å². The standard InChI is InChI=1S/C18H20N4O/c1-11(2)17(23)13-9-12(3)5-6-14(13)21-18-16-15(19-10-20-18)7-8-22(16)4/h5-11H,1-4H3,(H,19,20,21). The Bertz CT molecular complexity index is 880. The van der Waals surface area contributed by atoms with Gasteiger partial charge >= 0.3 is 0 Å². The Morgan fingerprint density at radius 2 is 2.00 bits per heavy atom. The maximum atomic E-state index is 12.5. The minimum absolute atomic E-state index is 0.0576. The summed E-state index contributed by atoms with van der Waals surface area (Å²) in [4.78, 5) is 21.1. The minimum Gasteiger partial charge on any atom is -0.346 e. The van der Waals surface area contributed by atoms with Crippen LogP contribution in [0.25, 0.3) is 11.0 Å². The molecule has 1 N–H and O–H groups in total. The quantitative estimate of drug-likeness (QED) is 0.744. The fraction of sp³-hybridized carbons (Fsp3) is 0.278. The number of carbonyl (C=O) groups excluding carboxylic acids is 1. The lowest BCUT2D eigenvalue weighted by Gasteiger charge is -2.14. The number of ketones is 1. The van der Waals surface area contributed by atoms with E-state index in [2.05, 4.69) is 15.3 Å². The van der Waals surface area contributed by atoms with Crippen LogP contribution in [-0.4, -0.2) is 20.3 Å². The molecule has 0 aliphatic heterocycles. The summed E-state index contributed by atoms with van der Waals surface area (Å²) in [6.45, 7) is 5.81. The van der Waals surface area contributed by atoms with E-state index in [1.807, 2.05) is 62.8 Å². The number of benzene rings is 1. The van der Waals surface area contributed by atoms with Crippen LogP contribution in [0.5, 0.6) is 0 Å². The lowest BCUT2D eigenvalue weighted by molar-refractivity contribution is 0.0940. The Morgan fingerprint density at radius 3 is 2.74 bits per heavy atom. The first-order valence-electron chi connectivity index (χ1n) is 7.65. The zero-order chi connectivity index (χ0) is 16.6. The minimum atomic E-state index is -0.0576. The maximum Gasteiger partial charge on any atom is 0.167 e. The van der Waals surface area contributed by atoms with Crippen molar-refractivity contribution < 1.29 is 4.79 Å². The van der Waals surface area contributed by atoms with Gasteiger partial charge in [-0.3, -0.25) is 4.79 Å². The van der Waals surface area contributed by atoms with Crippen molar-refractivity contribution in [2.75, 3.05) is 5.32 Å². The van der Waals surface area contributed by atoms with E-state index in [9.17, 15) is 4.79 Å². The Kier molecular flexibility index (Phi) is 3.86. The number of aromatic nitrogens is 3. The molecule has 0 amide bonds. The summed E-state index contributed by atoms with van der Waals surface area (Å²) in [7, 11) is 1.95. The van der Waals surface area contributed by atoms with Crippen LogP contribution in [0, 0.1) is 12.8 Å². The molecule has 0 radical (unpaired) electrons. The third kappa shape index (κ3) is 2.82. The third-order valence-electron chi connectivity index (χ3n) is 3.88. The molecular formula is C18H20N4O. The molecule has 23 heavy (non-hydrogen) atoms. The lowest BCUT2D eigenvalue weighted by atomic mass is 9.98. The van der Waals surface area contributed by atoms with Crippen LogP contribution in [0.2, 0.25) is 0 Å². The number of hydrogen-bond acceptors (Lipinski definition) is 4. The van der Waals surface area contributed by atoms with Gasteiger partial charge in [0.2, 0.25) is 0 Å². The van der Waals surface area contributed by atoms with E-state index in [1.165, 1.54) is 6.33 Å². The summed E-state index contributed by atoms with van der Waals surface area (Å²) in [5.41, 5.74) is 4.31. The Hall–Kier alpha value is -2.69. The number of nitrogens with zero attached hydrogens (tertiary/aromatic N) is 3. The zero-order valence-corrected chi connectivity index (χ0v) is 13.8. The van der Waals surface area contributed by atoms with Crippen molar-refractivity contribution in [3.8, 4) is 0 Å². The highest BCUT2D eigenvalue weighted by atomic mass is 16.1. The fourth-order valence-corrected chi connectivity index (χ4v) is 2.62. The number of hydrogen-bond donors (Lipinski definition) is 1. The molecule has 3 aromatic rings. The molecule has 0 saturated heterocycles. The lowest BCUT2D eigenvalue weighted by Crippen LogP contribution is -2.11. The molecule has 0 fully saturated rings. The number of Topliss-reactive ketones (excluding diaryl/α,β-unsaturated/α-hetero) is 1. The van der Waals surface area contributed by atoms with Crippen molar-refractivity contribution in [1.82, 2.24) is 14.5 Å². The summed E-state index contributed by atoms with van der Waals surface area (Å²) < 4.78 is 1.97. The van der Waals surface area contributed by atoms with Crippen LogP contribution in [0.15, 0.2) is 36.8 Å². The van der Waals surface area contributed by atoms with Gasteiger partial charge in [0.05, 0.1) is 11.2 Å². The predicted molar refractivity (Wildman–Crippen MR) is 92.1 cm³/mol. The summed E-state index contributed by atoms with van der Waals surface area (Å²) in [6, 6.07) is 7.79. The van der Waals surface area contributed by atoms with E-state index in [0.29, 0.717) is 11.4 Å². The van der Waals surface area contributed by atoms with Gasteiger partial charge in [0.15, 0.2) is 11.6 Å². The second kappa shape index (κ2) is 5.83. The number of aryl methyl sites for hydroxylation is 2. The van der Waals surface area contributed by atoms with E-state index < -0.39 is 0 Å². The van der Waals surface area contributed by atoms with Crippen LogP contribution >= 0.6 is 0 Å². The molecule has 118 valence electrons. The van der Waals surface area contributed by atoms with Crippen LogP contribution in [-0.2, 0) is 7.05 Å². The molecule has 0 spiro atoms. The number of anilines is 2. The topological polar surface area (TPSA) is 59.8 Å². The first-order chi connectivity index (χ1) is 11.0. The van der Waals surface area contributed by atoms with Crippen LogP contribution in [0.4, 0.5) is 11.5 Å². The van der Waals surface area contributed by atoms with Crippen LogP contribution in [0.3, 0.4) is 0 Å². The molecular weight excluding hydrogens is 288 g/mol. The van der Waals surface area contributed by atoms with Gasteiger partial charge in [-0.1, -0.05) is 25.5 Å². The fourth-order valence-electron chi connectivity index (χ4n) is 2.62. The molecule has 0 atom stereocenters.